The summed E-state index contributed by atoms with van der Waals surface area (Å²) in [5.74, 6) is -1.71. The number of hydrogen-bond acceptors (Lipinski definition) is 4. The Balaban J connectivity index is 2.09. The van der Waals surface area contributed by atoms with Gasteiger partial charge in [-0.2, -0.15) is 0 Å². The molecule has 0 aliphatic carbocycles. The Morgan fingerprint density at radius 3 is 2.24 bits per heavy atom. The molecule has 0 saturated heterocycles. The van der Waals surface area contributed by atoms with E-state index >= 15 is 0 Å². The minimum absolute atomic E-state index is 0.00495. The molecule has 1 heterocycles. The first-order valence-corrected chi connectivity index (χ1v) is 10.3. The predicted octanol–water partition coefficient (Wildman–Crippen LogP) is 4.62. The number of rotatable bonds is 6. The molecule has 0 bridgehead atoms. The highest BCUT2D eigenvalue weighted by Gasteiger charge is 2.28. The smallest absolute Gasteiger partial charge is 0.335 e. The van der Waals surface area contributed by atoms with E-state index in [9.17, 15) is 17.6 Å². The summed E-state index contributed by atoms with van der Waals surface area (Å²) < 4.78 is 40.8. The highest BCUT2D eigenvalue weighted by Crippen LogP contribution is 2.32. The number of carboxylic acids is 1. The molecule has 0 spiro atoms. The second kappa shape index (κ2) is 8.36. The highest BCUT2D eigenvalue weighted by molar-refractivity contribution is 7.92. The number of nitrogens with zero attached hydrogens (tertiary/aromatic N) is 2. The van der Waals surface area contributed by atoms with Gasteiger partial charge in [0.05, 0.1) is 27.0 Å². The first-order valence-electron chi connectivity index (χ1n) is 8.10. The van der Waals surface area contributed by atoms with E-state index in [1.165, 1.54) is 60.8 Å². The number of sulfonamides is 1. The van der Waals surface area contributed by atoms with Crippen molar-refractivity contribution in [2.24, 2.45) is 0 Å². The summed E-state index contributed by atoms with van der Waals surface area (Å²) in [7, 11) is -4.18. The number of anilines is 1. The molecule has 2 aromatic carbocycles. The average Bonchev–Trinajstić information content (AvgIpc) is 2.68. The standard InChI is InChI=1S/C19H13Cl2FN2O4S/c20-14-9-17(21)18(23-10-14)24(11-12-1-5-15(22)6-2-12)29(27,28)16-7-3-13(4-8-16)19(25)26/h1-10H,11H2,(H,25,26). The van der Waals surface area contributed by atoms with Gasteiger partial charge in [0.2, 0.25) is 0 Å². The van der Waals surface area contributed by atoms with Crippen LogP contribution in [-0.2, 0) is 16.6 Å². The van der Waals surface area contributed by atoms with Gasteiger partial charge in [-0.05, 0) is 48.0 Å². The maximum atomic E-state index is 13.3. The van der Waals surface area contributed by atoms with Crippen LogP contribution >= 0.6 is 23.2 Å². The minimum Gasteiger partial charge on any atom is -0.478 e. The third-order valence-electron chi connectivity index (χ3n) is 3.95. The second-order valence-corrected chi connectivity index (χ2v) is 8.63. The quantitative estimate of drug-likeness (QED) is 0.586. The van der Waals surface area contributed by atoms with Crippen molar-refractivity contribution in [1.29, 1.82) is 0 Å². The molecule has 3 aromatic rings. The Labute approximate surface area is 176 Å². The molecule has 1 aromatic heterocycles. The molecule has 0 saturated carbocycles. The number of hydrogen-bond donors (Lipinski definition) is 1. The number of carbonyl (C=O) groups is 1. The molecular formula is C19H13Cl2FN2O4S. The third-order valence-corrected chi connectivity index (χ3v) is 6.19. The molecule has 6 nitrogen and oxygen atoms in total. The van der Waals surface area contributed by atoms with Crippen molar-refractivity contribution in [2.45, 2.75) is 11.4 Å². The molecule has 0 amide bonds. The van der Waals surface area contributed by atoms with Gasteiger partial charge < -0.3 is 5.11 Å². The summed E-state index contributed by atoms with van der Waals surface area (Å²) in [4.78, 5) is 14.9. The van der Waals surface area contributed by atoms with Crippen molar-refractivity contribution < 1.29 is 22.7 Å². The van der Waals surface area contributed by atoms with Crippen molar-refractivity contribution in [3.63, 3.8) is 0 Å². The van der Waals surface area contributed by atoms with Gasteiger partial charge in [-0.3, -0.25) is 0 Å². The van der Waals surface area contributed by atoms with E-state index in [2.05, 4.69) is 4.98 Å². The molecule has 1 N–H and O–H groups in total. The molecule has 0 aliphatic heterocycles. The number of halogens is 3. The van der Waals surface area contributed by atoms with Crippen LogP contribution < -0.4 is 4.31 Å². The Morgan fingerprint density at radius 1 is 1.07 bits per heavy atom. The van der Waals surface area contributed by atoms with Crippen LogP contribution in [0.2, 0.25) is 10.0 Å². The lowest BCUT2D eigenvalue weighted by atomic mass is 10.2. The predicted molar refractivity (Wildman–Crippen MR) is 107 cm³/mol. The molecule has 29 heavy (non-hydrogen) atoms. The number of pyridine rings is 1. The summed E-state index contributed by atoms with van der Waals surface area (Å²) in [6.45, 7) is -0.183. The fourth-order valence-electron chi connectivity index (χ4n) is 2.52. The summed E-state index contributed by atoms with van der Waals surface area (Å²) in [6.07, 6.45) is 1.25. The zero-order chi connectivity index (χ0) is 21.2. The topological polar surface area (TPSA) is 87.6 Å². The maximum absolute atomic E-state index is 13.3. The molecule has 150 valence electrons. The largest absolute Gasteiger partial charge is 0.478 e. The van der Waals surface area contributed by atoms with Gasteiger partial charge in [-0.1, -0.05) is 35.3 Å². The lowest BCUT2D eigenvalue weighted by Gasteiger charge is -2.24. The SMILES string of the molecule is O=C(O)c1ccc(S(=O)(=O)N(Cc2ccc(F)cc2)c2ncc(Cl)cc2Cl)cc1. The summed E-state index contributed by atoms with van der Waals surface area (Å²) in [6, 6.07) is 11.4. The first kappa shape index (κ1) is 21.0. The number of aromatic carboxylic acids is 1. The van der Waals surface area contributed by atoms with E-state index in [4.69, 9.17) is 28.3 Å². The lowest BCUT2D eigenvalue weighted by molar-refractivity contribution is 0.0696. The fraction of sp³-hybridized carbons (Fsp3) is 0.0526. The van der Waals surface area contributed by atoms with Crippen LogP contribution in [0.15, 0.2) is 65.7 Å². The average molecular weight is 455 g/mol. The molecule has 0 aliphatic rings. The molecule has 0 radical (unpaired) electrons. The van der Waals surface area contributed by atoms with Gasteiger partial charge in [0.15, 0.2) is 5.82 Å². The van der Waals surface area contributed by atoms with E-state index in [1.54, 1.807) is 0 Å². The highest BCUT2D eigenvalue weighted by atomic mass is 35.5. The van der Waals surface area contributed by atoms with Gasteiger partial charge in [0.25, 0.3) is 10.0 Å². The molecule has 10 heteroatoms. The molecule has 0 unspecified atom stereocenters. The van der Waals surface area contributed by atoms with Crippen molar-refractivity contribution in [2.75, 3.05) is 4.31 Å². The van der Waals surface area contributed by atoms with Crippen LogP contribution in [0.25, 0.3) is 0 Å². The Morgan fingerprint density at radius 2 is 1.69 bits per heavy atom. The van der Waals surface area contributed by atoms with E-state index < -0.39 is 21.8 Å². The number of carboxylic acid groups (broad SMARTS) is 1. The summed E-state index contributed by atoms with van der Waals surface area (Å²) in [5.41, 5.74) is 0.432. The normalized spacial score (nSPS) is 11.3. The lowest BCUT2D eigenvalue weighted by Crippen LogP contribution is -2.31. The number of aromatic nitrogens is 1. The van der Waals surface area contributed by atoms with Crippen LogP contribution in [0.3, 0.4) is 0 Å². The van der Waals surface area contributed by atoms with Crippen LogP contribution in [0.1, 0.15) is 15.9 Å². The summed E-state index contributed by atoms with van der Waals surface area (Å²) >= 11 is 12.1. The van der Waals surface area contributed by atoms with Gasteiger partial charge in [0.1, 0.15) is 5.82 Å². The monoisotopic (exact) mass is 454 g/mol. The fourth-order valence-corrected chi connectivity index (χ4v) is 4.48. The second-order valence-electron chi connectivity index (χ2n) is 5.93. The molecule has 0 atom stereocenters. The first-order chi connectivity index (χ1) is 13.7. The van der Waals surface area contributed by atoms with Crippen molar-refractivity contribution in [3.05, 3.63) is 87.8 Å². The maximum Gasteiger partial charge on any atom is 0.335 e. The zero-order valence-corrected chi connectivity index (χ0v) is 16.9. The molecular weight excluding hydrogens is 442 g/mol. The Bertz CT molecular complexity index is 1150. The van der Waals surface area contributed by atoms with E-state index in [0.29, 0.717) is 5.56 Å². The Hall–Kier alpha value is -2.68. The van der Waals surface area contributed by atoms with Crippen molar-refractivity contribution >= 4 is 45.0 Å². The Kier molecular flexibility index (Phi) is 6.07. The minimum atomic E-state index is -4.18. The van der Waals surface area contributed by atoms with E-state index in [0.717, 1.165) is 4.31 Å². The van der Waals surface area contributed by atoms with Crippen molar-refractivity contribution in [1.82, 2.24) is 4.98 Å². The van der Waals surface area contributed by atoms with Gasteiger partial charge >= 0.3 is 5.97 Å². The van der Waals surface area contributed by atoms with Crippen LogP contribution in [0.4, 0.5) is 10.2 Å². The van der Waals surface area contributed by atoms with Crippen LogP contribution in [0, 0.1) is 5.82 Å². The number of benzene rings is 2. The van der Waals surface area contributed by atoms with E-state index in [-0.39, 0.29) is 32.9 Å². The van der Waals surface area contributed by atoms with Crippen LogP contribution in [0.5, 0.6) is 0 Å². The van der Waals surface area contributed by atoms with Crippen LogP contribution in [-0.4, -0.2) is 24.5 Å². The molecule has 0 fully saturated rings. The van der Waals surface area contributed by atoms with Gasteiger partial charge in [-0.25, -0.2) is 26.9 Å². The third kappa shape index (κ3) is 4.67. The van der Waals surface area contributed by atoms with E-state index in [1.807, 2.05) is 0 Å². The van der Waals surface area contributed by atoms with Crippen molar-refractivity contribution in [3.8, 4) is 0 Å². The summed E-state index contributed by atoms with van der Waals surface area (Å²) in [5, 5.41) is 9.25. The molecule has 3 rings (SSSR count). The van der Waals surface area contributed by atoms with Gasteiger partial charge in [-0.15, -0.1) is 0 Å². The van der Waals surface area contributed by atoms with Gasteiger partial charge in [0, 0.05) is 6.20 Å². The zero-order valence-electron chi connectivity index (χ0n) is 14.6.